The fourth-order valence-electron chi connectivity index (χ4n) is 1.06. The van der Waals surface area contributed by atoms with Crippen molar-refractivity contribution in [2.75, 3.05) is 0 Å². The minimum Gasteiger partial charge on any atom is -0.308 e. The first kappa shape index (κ1) is 5.83. The third-order valence-corrected chi connectivity index (χ3v) is 1.46. The number of hydrogen-bond donors (Lipinski definition) is 1. The van der Waals surface area contributed by atoms with Crippen LogP contribution in [0, 0.1) is 0 Å². The lowest BCUT2D eigenvalue weighted by atomic mass is 10.1. The minimum absolute atomic E-state index is 0.582. The van der Waals surface area contributed by atoms with E-state index in [0.717, 1.165) is 0 Å². The summed E-state index contributed by atoms with van der Waals surface area (Å²) in [6.07, 6.45) is 5.64. The van der Waals surface area contributed by atoms with Gasteiger partial charge in [-0.25, -0.2) is 0 Å². The van der Waals surface area contributed by atoms with Gasteiger partial charge in [0.15, 0.2) is 0 Å². The highest BCUT2D eigenvalue weighted by molar-refractivity contribution is 4.98. The van der Waals surface area contributed by atoms with Gasteiger partial charge in [-0.05, 0) is 20.3 Å². The molecule has 0 aromatic rings. The molecule has 0 aromatic heterocycles. The van der Waals surface area contributed by atoms with Gasteiger partial charge in [0, 0.05) is 12.1 Å². The Hall–Kier alpha value is -0.300. The summed E-state index contributed by atoms with van der Waals surface area (Å²) < 4.78 is 0. The normalized spacial score (nSPS) is 37.8. The van der Waals surface area contributed by atoms with Crippen molar-refractivity contribution in [1.82, 2.24) is 5.32 Å². The Balaban J connectivity index is 2.42. The van der Waals surface area contributed by atoms with Gasteiger partial charge in [0.05, 0.1) is 0 Å². The van der Waals surface area contributed by atoms with Gasteiger partial charge in [-0.1, -0.05) is 12.2 Å². The van der Waals surface area contributed by atoms with Gasteiger partial charge >= 0.3 is 0 Å². The van der Waals surface area contributed by atoms with Crippen LogP contribution in [-0.4, -0.2) is 12.1 Å². The quantitative estimate of drug-likeness (QED) is 0.465. The Morgan fingerprint density at radius 3 is 2.62 bits per heavy atom. The number of rotatable bonds is 0. The second-order valence-electron chi connectivity index (χ2n) is 2.52. The Morgan fingerprint density at radius 2 is 2.25 bits per heavy atom. The molecule has 0 radical (unpaired) electrons. The van der Waals surface area contributed by atoms with E-state index < -0.39 is 0 Å². The largest absolute Gasteiger partial charge is 0.308 e. The molecule has 0 bridgehead atoms. The third kappa shape index (κ3) is 1.34. The van der Waals surface area contributed by atoms with Crippen molar-refractivity contribution >= 4 is 0 Å². The molecule has 0 fully saturated rings. The standard InChI is InChI=1S/C7H13N/c1-6-4-3-5-7(2)8-6/h3-4,6-8H,5H2,1-2H3/t6-,7-/m1/s1. The van der Waals surface area contributed by atoms with E-state index in [2.05, 4.69) is 31.3 Å². The number of hydrogen-bond acceptors (Lipinski definition) is 1. The zero-order chi connectivity index (χ0) is 5.98. The predicted molar refractivity (Wildman–Crippen MR) is 35.8 cm³/mol. The molecule has 1 aliphatic rings. The molecule has 46 valence electrons. The molecule has 1 heteroatoms. The molecule has 2 atom stereocenters. The fraction of sp³-hybridized carbons (Fsp3) is 0.714. The van der Waals surface area contributed by atoms with Crippen molar-refractivity contribution in [2.45, 2.75) is 32.4 Å². The maximum atomic E-state index is 3.39. The Labute approximate surface area is 50.8 Å². The van der Waals surface area contributed by atoms with E-state index in [4.69, 9.17) is 0 Å². The number of nitrogens with one attached hydrogen (secondary N) is 1. The maximum absolute atomic E-state index is 3.39. The summed E-state index contributed by atoms with van der Waals surface area (Å²) >= 11 is 0. The summed E-state index contributed by atoms with van der Waals surface area (Å²) in [6.45, 7) is 4.38. The van der Waals surface area contributed by atoms with Crippen LogP contribution >= 0.6 is 0 Å². The van der Waals surface area contributed by atoms with Crippen LogP contribution in [0.1, 0.15) is 20.3 Å². The first-order valence-corrected chi connectivity index (χ1v) is 3.22. The highest BCUT2D eigenvalue weighted by Gasteiger charge is 2.06. The van der Waals surface area contributed by atoms with Crippen molar-refractivity contribution in [1.29, 1.82) is 0 Å². The molecule has 0 spiro atoms. The minimum atomic E-state index is 0.582. The molecule has 0 aromatic carbocycles. The van der Waals surface area contributed by atoms with E-state index in [0.29, 0.717) is 12.1 Å². The van der Waals surface area contributed by atoms with Crippen LogP contribution in [-0.2, 0) is 0 Å². The lowest BCUT2D eigenvalue weighted by Crippen LogP contribution is -2.35. The second-order valence-corrected chi connectivity index (χ2v) is 2.52. The van der Waals surface area contributed by atoms with E-state index in [1.807, 2.05) is 0 Å². The van der Waals surface area contributed by atoms with E-state index >= 15 is 0 Å². The molecule has 1 aliphatic heterocycles. The fourth-order valence-corrected chi connectivity index (χ4v) is 1.06. The van der Waals surface area contributed by atoms with E-state index in [9.17, 15) is 0 Å². The van der Waals surface area contributed by atoms with Crippen LogP contribution < -0.4 is 5.32 Å². The van der Waals surface area contributed by atoms with Gasteiger partial charge in [0.1, 0.15) is 0 Å². The zero-order valence-corrected chi connectivity index (χ0v) is 5.52. The summed E-state index contributed by atoms with van der Waals surface area (Å²) in [5.41, 5.74) is 0. The molecular formula is C7H13N. The summed E-state index contributed by atoms with van der Waals surface area (Å²) in [5, 5.41) is 3.39. The molecule has 0 amide bonds. The molecule has 1 N–H and O–H groups in total. The molecule has 0 unspecified atom stereocenters. The van der Waals surface area contributed by atoms with Crippen molar-refractivity contribution in [3.05, 3.63) is 12.2 Å². The van der Waals surface area contributed by atoms with Crippen LogP contribution in [0.5, 0.6) is 0 Å². The van der Waals surface area contributed by atoms with E-state index in [1.165, 1.54) is 6.42 Å². The maximum Gasteiger partial charge on any atom is 0.0224 e. The van der Waals surface area contributed by atoms with Crippen molar-refractivity contribution in [3.63, 3.8) is 0 Å². The molecule has 1 heterocycles. The second kappa shape index (κ2) is 2.31. The SMILES string of the molecule is C[C@@H]1C=CC[C@@H](C)N1. The zero-order valence-electron chi connectivity index (χ0n) is 5.52. The topological polar surface area (TPSA) is 12.0 Å². The Bertz CT molecular complexity index is 96.6. The lowest BCUT2D eigenvalue weighted by Gasteiger charge is -2.20. The van der Waals surface area contributed by atoms with Crippen LogP contribution in [0.15, 0.2) is 12.2 Å². The summed E-state index contributed by atoms with van der Waals surface area (Å²) in [5.74, 6) is 0. The van der Waals surface area contributed by atoms with Crippen LogP contribution in [0.4, 0.5) is 0 Å². The first-order chi connectivity index (χ1) is 3.79. The lowest BCUT2D eigenvalue weighted by molar-refractivity contribution is 0.499. The molecule has 1 rings (SSSR count). The Morgan fingerprint density at radius 1 is 1.50 bits per heavy atom. The molecule has 0 saturated heterocycles. The van der Waals surface area contributed by atoms with Gasteiger partial charge < -0.3 is 5.32 Å². The average Bonchev–Trinajstić information content (AvgIpc) is 1.64. The predicted octanol–water partition coefficient (Wildman–Crippen LogP) is 1.31. The summed E-state index contributed by atoms with van der Waals surface area (Å²) in [4.78, 5) is 0. The first-order valence-electron chi connectivity index (χ1n) is 3.22. The van der Waals surface area contributed by atoms with Crippen molar-refractivity contribution in [3.8, 4) is 0 Å². The van der Waals surface area contributed by atoms with Gasteiger partial charge in [0.25, 0.3) is 0 Å². The average molecular weight is 111 g/mol. The monoisotopic (exact) mass is 111 g/mol. The van der Waals surface area contributed by atoms with Gasteiger partial charge in [-0.3, -0.25) is 0 Å². The Kier molecular flexibility index (Phi) is 1.69. The smallest absolute Gasteiger partial charge is 0.0224 e. The van der Waals surface area contributed by atoms with Gasteiger partial charge in [-0.15, -0.1) is 0 Å². The summed E-state index contributed by atoms with van der Waals surface area (Å²) in [6, 6.07) is 1.26. The molecule has 0 saturated carbocycles. The van der Waals surface area contributed by atoms with E-state index in [1.54, 1.807) is 0 Å². The van der Waals surface area contributed by atoms with E-state index in [-0.39, 0.29) is 0 Å². The molecule has 8 heavy (non-hydrogen) atoms. The highest BCUT2D eigenvalue weighted by atomic mass is 14.9. The van der Waals surface area contributed by atoms with Crippen LogP contribution in [0.25, 0.3) is 0 Å². The molecular weight excluding hydrogens is 98.1 g/mol. The molecule has 1 nitrogen and oxygen atoms in total. The van der Waals surface area contributed by atoms with Gasteiger partial charge in [-0.2, -0.15) is 0 Å². The van der Waals surface area contributed by atoms with Crippen molar-refractivity contribution < 1.29 is 0 Å². The summed E-state index contributed by atoms with van der Waals surface area (Å²) in [7, 11) is 0. The van der Waals surface area contributed by atoms with Crippen LogP contribution in [0.2, 0.25) is 0 Å². The third-order valence-electron chi connectivity index (χ3n) is 1.46. The van der Waals surface area contributed by atoms with Crippen molar-refractivity contribution in [2.24, 2.45) is 0 Å². The molecule has 0 aliphatic carbocycles. The van der Waals surface area contributed by atoms with Crippen LogP contribution in [0.3, 0.4) is 0 Å². The van der Waals surface area contributed by atoms with Gasteiger partial charge in [0.2, 0.25) is 0 Å². The highest BCUT2D eigenvalue weighted by Crippen LogP contribution is 2.01.